The SMILES string of the molecule is CCCc1cc(NC)nc(-c2ccc(CC)o2)n1. The topological polar surface area (TPSA) is 51.0 Å². The van der Waals surface area contributed by atoms with Gasteiger partial charge in [-0.2, -0.15) is 0 Å². The van der Waals surface area contributed by atoms with Gasteiger partial charge in [0.2, 0.25) is 0 Å². The van der Waals surface area contributed by atoms with Gasteiger partial charge in [0, 0.05) is 25.2 Å². The molecule has 4 heteroatoms. The van der Waals surface area contributed by atoms with E-state index in [1.54, 1.807) is 0 Å². The van der Waals surface area contributed by atoms with Crippen LogP contribution in [0.1, 0.15) is 31.7 Å². The molecule has 0 aromatic carbocycles. The zero-order chi connectivity index (χ0) is 13.0. The first kappa shape index (κ1) is 12.6. The van der Waals surface area contributed by atoms with E-state index >= 15 is 0 Å². The summed E-state index contributed by atoms with van der Waals surface area (Å²) in [6.45, 7) is 4.21. The van der Waals surface area contributed by atoms with E-state index in [4.69, 9.17) is 4.42 Å². The molecule has 2 aromatic rings. The van der Waals surface area contributed by atoms with Crippen molar-refractivity contribution < 1.29 is 4.42 Å². The van der Waals surface area contributed by atoms with Gasteiger partial charge in [-0.25, -0.2) is 9.97 Å². The highest BCUT2D eigenvalue weighted by Gasteiger charge is 2.09. The van der Waals surface area contributed by atoms with Gasteiger partial charge in [0.25, 0.3) is 0 Å². The molecule has 0 saturated carbocycles. The Hall–Kier alpha value is -1.84. The monoisotopic (exact) mass is 245 g/mol. The molecule has 0 bridgehead atoms. The van der Waals surface area contributed by atoms with E-state index in [0.717, 1.165) is 42.3 Å². The molecule has 96 valence electrons. The number of hydrogen-bond acceptors (Lipinski definition) is 4. The molecular formula is C14H19N3O. The summed E-state index contributed by atoms with van der Waals surface area (Å²) in [5.41, 5.74) is 1.04. The van der Waals surface area contributed by atoms with Crippen molar-refractivity contribution in [3.05, 3.63) is 29.7 Å². The molecule has 0 saturated heterocycles. The van der Waals surface area contributed by atoms with Gasteiger partial charge in [0.1, 0.15) is 11.6 Å². The normalized spacial score (nSPS) is 10.6. The Balaban J connectivity index is 2.39. The number of nitrogens with zero attached hydrogens (tertiary/aromatic N) is 2. The smallest absolute Gasteiger partial charge is 0.197 e. The Morgan fingerprint density at radius 1 is 1.22 bits per heavy atom. The molecule has 2 aromatic heterocycles. The van der Waals surface area contributed by atoms with Crippen molar-refractivity contribution in [1.29, 1.82) is 0 Å². The Morgan fingerprint density at radius 3 is 2.67 bits per heavy atom. The number of aromatic nitrogens is 2. The fourth-order valence-electron chi connectivity index (χ4n) is 1.81. The van der Waals surface area contributed by atoms with E-state index < -0.39 is 0 Å². The number of furan rings is 1. The Morgan fingerprint density at radius 2 is 2.06 bits per heavy atom. The summed E-state index contributed by atoms with van der Waals surface area (Å²) in [4.78, 5) is 8.98. The Kier molecular flexibility index (Phi) is 3.97. The van der Waals surface area contributed by atoms with Gasteiger partial charge in [-0.05, 0) is 18.6 Å². The van der Waals surface area contributed by atoms with Crippen molar-refractivity contribution in [2.45, 2.75) is 33.1 Å². The van der Waals surface area contributed by atoms with Crippen LogP contribution in [0.25, 0.3) is 11.6 Å². The lowest BCUT2D eigenvalue weighted by molar-refractivity contribution is 0.525. The molecule has 0 amide bonds. The van der Waals surface area contributed by atoms with Crippen LogP contribution in [0.5, 0.6) is 0 Å². The van der Waals surface area contributed by atoms with Crippen LogP contribution in [0.2, 0.25) is 0 Å². The molecule has 18 heavy (non-hydrogen) atoms. The minimum atomic E-state index is 0.657. The lowest BCUT2D eigenvalue weighted by Gasteiger charge is -2.05. The van der Waals surface area contributed by atoms with Gasteiger partial charge in [-0.3, -0.25) is 0 Å². The van der Waals surface area contributed by atoms with Gasteiger partial charge in [0.15, 0.2) is 11.6 Å². The Labute approximate surface area is 107 Å². The molecule has 0 unspecified atom stereocenters. The van der Waals surface area contributed by atoms with Crippen molar-refractivity contribution in [1.82, 2.24) is 9.97 Å². The van der Waals surface area contributed by atoms with Crippen molar-refractivity contribution in [3.8, 4) is 11.6 Å². The molecule has 0 spiro atoms. The molecule has 2 heterocycles. The maximum Gasteiger partial charge on any atom is 0.197 e. The average Bonchev–Trinajstić information content (AvgIpc) is 2.87. The molecule has 2 rings (SSSR count). The van der Waals surface area contributed by atoms with Crippen LogP contribution < -0.4 is 5.32 Å². The summed E-state index contributed by atoms with van der Waals surface area (Å²) in [5, 5.41) is 3.06. The minimum absolute atomic E-state index is 0.657. The van der Waals surface area contributed by atoms with Gasteiger partial charge in [-0.15, -0.1) is 0 Å². The first-order valence-corrected chi connectivity index (χ1v) is 6.41. The van der Waals surface area contributed by atoms with Crippen LogP contribution in [0.3, 0.4) is 0 Å². The van der Waals surface area contributed by atoms with Crippen molar-refractivity contribution in [2.75, 3.05) is 12.4 Å². The fourth-order valence-corrected chi connectivity index (χ4v) is 1.81. The second-order valence-corrected chi connectivity index (χ2v) is 4.19. The van der Waals surface area contributed by atoms with Crippen molar-refractivity contribution >= 4 is 5.82 Å². The third-order valence-electron chi connectivity index (χ3n) is 2.77. The second-order valence-electron chi connectivity index (χ2n) is 4.19. The summed E-state index contributed by atoms with van der Waals surface area (Å²) in [6, 6.07) is 5.89. The molecule has 0 aliphatic rings. The number of rotatable bonds is 5. The van der Waals surface area contributed by atoms with Gasteiger partial charge < -0.3 is 9.73 Å². The van der Waals surface area contributed by atoms with Gasteiger partial charge in [0.05, 0.1) is 0 Å². The number of aryl methyl sites for hydroxylation is 2. The summed E-state index contributed by atoms with van der Waals surface area (Å²) in [5.74, 6) is 3.18. The largest absolute Gasteiger partial charge is 0.458 e. The van der Waals surface area contributed by atoms with E-state index in [1.165, 1.54) is 0 Å². The fraction of sp³-hybridized carbons (Fsp3) is 0.429. The number of anilines is 1. The van der Waals surface area contributed by atoms with Crippen molar-refractivity contribution in [3.63, 3.8) is 0 Å². The van der Waals surface area contributed by atoms with Crippen LogP contribution >= 0.6 is 0 Å². The average molecular weight is 245 g/mol. The second kappa shape index (κ2) is 5.67. The Bertz CT molecular complexity index is 520. The molecule has 0 fully saturated rings. The zero-order valence-corrected chi connectivity index (χ0v) is 11.2. The molecule has 0 aliphatic heterocycles. The predicted molar refractivity (Wildman–Crippen MR) is 72.7 cm³/mol. The van der Waals surface area contributed by atoms with E-state index in [-0.39, 0.29) is 0 Å². The quantitative estimate of drug-likeness (QED) is 0.878. The van der Waals surface area contributed by atoms with Gasteiger partial charge >= 0.3 is 0 Å². The van der Waals surface area contributed by atoms with E-state index in [2.05, 4.69) is 29.1 Å². The first-order chi connectivity index (χ1) is 8.76. The van der Waals surface area contributed by atoms with Crippen LogP contribution in [0.15, 0.2) is 22.6 Å². The third kappa shape index (κ3) is 2.70. The molecule has 1 N–H and O–H groups in total. The minimum Gasteiger partial charge on any atom is -0.458 e. The molecule has 0 radical (unpaired) electrons. The molecule has 0 aliphatic carbocycles. The highest BCUT2D eigenvalue weighted by atomic mass is 16.3. The lowest BCUT2D eigenvalue weighted by Crippen LogP contribution is -2.00. The summed E-state index contributed by atoms with van der Waals surface area (Å²) < 4.78 is 5.70. The van der Waals surface area contributed by atoms with Crippen LogP contribution in [0.4, 0.5) is 5.82 Å². The van der Waals surface area contributed by atoms with Crippen LogP contribution in [0, 0.1) is 0 Å². The predicted octanol–water partition coefficient (Wildman–Crippen LogP) is 3.29. The maximum atomic E-state index is 5.70. The first-order valence-electron chi connectivity index (χ1n) is 6.41. The van der Waals surface area contributed by atoms with E-state index in [1.807, 2.05) is 25.2 Å². The third-order valence-corrected chi connectivity index (χ3v) is 2.77. The number of hydrogen-bond donors (Lipinski definition) is 1. The summed E-state index contributed by atoms with van der Waals surface area (Å²) in [6.07, 6.45) is 2.90. The molecule has 4 nitrogen and oxygen atoms in total. The lowest BCUT2D eigenvalue weighted by atomic mass is 10.2. The summed E-state index contributed by atoms with van der Waals surface area (Å²) >= 11 is 0. The molecule has 0 atom stereocenters. The zero-order valence-electron chi connectivity index (χ0n) is 11.2. The van der Waals surface area contributed by atoms with Crippen LogP contribution in [-0.2, 0) is 12.8 Å². The van der Waals surface area contributed by atoms with Gasteiger partial charge in [-0.1, -0.05) is 20.3 Å². The maximum absolute atomic E-state index is 5.70. The molecular weight excluding hydrogens is 226 g/mol. The van der Waals surface area contributed by atoms with Crippen molar-refractivity contribution in [2.24, 2.45) is 0 Å². The standard InChI is InChI=1S/C14H19N3O/c1-4-6-10-9-13(15-3)17-14(16-10)12-8-7-11(5-2)18-12/h7-9H,4-6H2,1-3H3,(H,15,16,17). The summed E-state index contributed by atoms with van der Waals surface area (Å²) in [7, 11) is 1.86. The number of nitrogens with one attached hydrogen (secondary N) is 1. The highest BCUT2D eigenvalue weighted by Crippen LogP contribution is 2.21. The van der Waals surface area contributed by atoms with E-state index in [9.17, 15) is 0 Å². The van der Waals surface area contributed by atoms with Crippen LogP contribution in [-0.4, -0.2) is 17.0 Å². The highest BCUT2D eigenvalue weighted by molar-refractivity contribution is 5.51. The van der Waals surface area contributed by atoms with E-state index in [0.29, 0.717) is 5.82 Å².